The van der Waals surface area contributed by atoms with Crippen LogP contribution in [0, 0.1) is 12.7 Å². The molecule has 0 aliphatic rings. The van der Waals surface area contributed by atoms with Gasteiger partial charge in [-0.3, -0.25) is 9.88 Å². The molecule has 7 nitrogen and oxygen atoms in total. The van der Waals surface area contributed by atoms with Gasteiger partial charge in [0, 0.05) is 22.4 Å². The standard InChI is InChI=1S/C18H18BrClFN5O2/c1-10-12(19)9-26-14(10)15(23-16(20)24-26)25(17(27)28-18(2,3)4)8-11-5-6-22-7-13(11)21/h5-7,9H,8H2,1-4H3. The first kappa shape index (κ1) is 20.5. The summed E-state index contributed by atoms with van der Waals surface area (Å²) in [5.74, 6) is -0.325. The van der Waals surface area contributed by atoms with Crippen LogP contribution in [0.15, 0.2) is 29.1 Å². The highest BCUT2D eigenvalue weighted by Gasteiger charge is 2.29. The third kappa shape index (κ3) is 4.25. The third-order valence-electron chi connectivity index (χ3n) is 3.83. The van der Waals surface area contributed by atoms with Crippen LogP contribution in [0.3, 0.4) is 0 Å². The van der Waals surface area contributed by atoms with Gasteiger partial charge in [-0.15, -0.1) is 5.10 Å². The number of carbonyl (C=O) groups is 1. The van der Waals surface area contributed by atoms with Gasteiger partial charge in [-0.2, -0.15) is 4.98 Å². The number of pyridine rings is 1. The van der Waals surface area contributed by atoms with Crippen molar-refractivity contribution in [3.8, 4) is 0 Å². The van der Waals surface area contributed by atoms with Gasteiger partial charge >= 0.3 is 6.09 Å². The van der Waals surface area contributed by atoms with Crippen molar-refractivity contribution in [2.75, 3.05) is 4.90 Å². The van der Waals surface area contributed by atoms with Crippen LogP contribution in [0.25, 0.3) is 5.52 Å². The summed E-state index contributed by atoms with van der Waals surface area (Å²) < 4.78 is 22.0. The Kier molecular flexibility index (Phi) is 5.58. The molecule has 148 valence electrons. The van der Waals surface area contributed by atoms with Crippen molar-refractivity contribution in [2.45, 2.75) is 39.8 Å². The lowest BCUT2D eigenvalue weighted by Gasteiger charge is -2.27. The average Bonchev–Trinajstić information content (AvgIpc) is 2.86. The van der Waals surface area contributed by atoms with Gasteiger partial charge in [0.25, 0.3) is 0 Å². The zero-order valence-electron chi connectivity index (χ0n) is 15.7. The maximum atomic E-state index is 14.2. The Balaban J connectivity index is 2.18. The summed E-state index contributed by atoms with van der Waals surface area (Å²) in [5, 5.41) is 4.08. The Morgan fingerprint density at radius 2 is 2.14 bits per heavy atom. The molecule has 1 amide bonds. The van der Waals surface area contributed by atoms with Crippen LogP contribution in [0.1, 0.15) is 31.9 Å². The average molecular weight is 471 g/mol. The Bertz CT molecular complexity index is 1050. The van der Waals surface area contributed by atoms with Crippen molar-refractivity contribution >= 4 is 45.0 Å². The number of halogens is 3. The first-order valence-corrected chi connectivity index (χ1v) is 9.54. The number of aromatic nitrogens is 4. The van der Waals surface area contributed by atoms with Crippen molar-refractivity contribution in [1.29, 1.82) is 0 Å². The van der Waals surface area contributed by atoms with E-state index in [-0.39, 0.29) is 23.2 Å². The van der Waals surface area contributed by atoms with Gasteiger partial charge in [-0.25, -0.2) is 13.7 Å². The molecule has 28 heavy (non-hydrogen) atoms. The molecule has 0 saturated carbocycles. The largest absolute Gasteiger partial charge is 0.443 e. The minimum Gasteiger partial charge on any atom is -0.443 e. The summed E-state index contributed by atoms with van der Waals surface area (Å²) in [6, 6.07) is 1.49. The molecule has 3 aromatic heterocycles. The Labute approximate surface area is 174 Å². The summed E-state index contributed by atoms with van der Waals surface area (Å²) in [6.45, 7) is 6.97. The molecule has 0 spiro atoms. The highest BCUT2D eigenvalue weighted by molar-refractivity contribution is 9.10. The summed E-state index contributed by atoms with van der Waals surface area (Å²) >= 11 is 9.53. The molecule has 0 saturated heterocycles. The predicted molar refractivity (Wildman–Crippen MR) is 107 cm³/mol. The fourth-order valence-electron chi connectivity index (χ4n) is 2.59. The molecule has 3 aromatic rings. The summed E-state index contributed by atoms with van der Waals surface area (Å²) in [5.41, 5.74) is 0.862. The molecule has 0 atom stereocenters. The van der Waals surface area contributed by atoms with E-state index >= 15 is 0 Å². The predicted octanol–water partition coefficient (Wildman–Crippen LogP) is 4.93. The molecule has 0 aromatic carbocycles. The SMILES string of the molecule is Cc1c(Br)cn2nc(Cl)nc(N(Cc3ccncc3F)C(=O)OC(C)(C)C)c12. The smallest absolute Gasteiger partial charge is 0.416 e. The van der Waals surface area contributed by atoms with E-state index < -0.39 is 17.5 Å². The van der Waals surface area contributed by atoms with Gasteiger partial charge in [0.05, 0.1) is 12.7 Å². The molecular formula is C18H18BrClFN5O2. The molecule has 10 heteroatoms. The molecule has 0 unspecified atom stereocenters. The van der Waals surface area contributed by atoms with Gasteiger partial charge in [-0.1, -0.05) is 0 Å². The number of hydrogen-bond donors (Lipinski definition) is 0. The van der Waals surface area contributed by atoms with Crippen LogP contribution in [0.4, 0.5) is 15.0 Å². The maximum absolute atomic E-state index is 14.2. The topological polar surface area (TPSA) is 72.6 Å². The minimum absolute atomic E-state index is 0.0613. The molecule has 0 aliphatic heterocycles. The summed E-state index contributed by atoms with van der Waals surface area (Å²) in [6.07, 6.45) is 3.57. The second-order valence-corrected chi connectivity index (χ2v) is 8.33. The van der Waals surface area contributed by atoms with Crippen LogP contribution in [0.5, 0.6) is 0 Å². The third-order valence-corrected chi connectivity index (χ3v) is 4.79. The molecule has 0 radical (unpaired) electrons. The van der Waals surface area contributed by atoms with Crippen LogP contribution >= 0.6 is 27.5 Å². The molecule has 0 bridgehead atoms. The van der Waals surface area contributed by atoms with Crippen molar-refractivity contribution in [3.63, 3.8) is 0 Å². The number of nitrogens with zero attached hydrogens (tertiary/aromatic N) is 5. The lowest BCUT2D eigenvalue weighted by atomic mass is 10.2. The lowest BCUT2D eigenvalue weighted by Crippen LogP contribution is -2.37. The monoisotopic (exact) mass is 469 g/mol. The van der Waals surface area contributed by atoms with E-state index in [2.05, 4.69) is 31.0 Å². The number of anilines is 1. The normalized spacial score (nSPS) is 11.7. The molecule has 3 rings (SSSR count). The number of hydrogen-bond acceptors (Lipinski definition) is 5. The molecule has 3 heterocycles. The first-order valence-electron chi connectivity index (χ1n) is 8.36. The van der Waals surface area contributed by atoms with Gasteiger partial charge in [0.15, 0.2) is 5.82 Å². The zero-order chi connectivity index (χ0) is 20.6. The van der Waals surface area contributed by atoms with Crippen molar-refractivity contribution in [2.24, 2.45) is 0 Å². The van der Waals surface area contributed by atoms with E-state index in [1.54, 1.807) is 27.0 Å². The van der Waals surface area contributed by atoms with Crippen molar-refractivity contribution in [3.05, 3.63) is 51.4 Å². The Hall–Kier alpha value is -2.26. The minimum atomic E-state index is -0.753. The second kappa shape index (κ2) is 7.63. The van der Waals surface area contributed by atoms with E-state index in [0.717, 1.165) is 16.2 Å². The lowest BCUT2D eigenvalue weighted by molar-refractivity contribution is 0.0576. The fraction of sp³-hybridized carbons (Fsp3) is 0.333. The first-order chi connectivity index (χ1) is 13.1. The van der Waals surface area contributed by atoms with Gasteiger partial charge in [0.1, 0.15) is 16.9 Å². The van der Waals surface area contributed by atoms with Crippen LogP contribution < -0.4 is 4.90 Å². The van der Waals surface area contributed by atoms with Crippen LogP contribution in [-0.4, -0.2) is 31.3 Å². The van der Waals surface area contributed by atoms with Crippen molar-refractivity contribution < 1.29 is 13.9 Å². The number of fused-ring (bicyclic) bond motifs is 1. The van der Waals surface area contributed by atoms with E-state index in [1.807, 2.05) is 6.92 Å². The Morgan fingerprint density at radius 3 is 2.79 bits per heavy atom. The number of rotatable bonds is 3. The van der Waals surface area contributed by atoms with Crippen LogP contribution in [-0.2, 0) is 11.3 Å². The fourth-order valence-corrected chi connectivity index (χ4v) is 3.13. The number of amides is 1. The van der Waals surface area contributed by atoms with Crippen LogP contribution in [0.2, 0.25) is 5.28 Å². The summed E-state index contributed by atoms with van der Waals surface area (Å²) in [7, 11) is 0. The molecule has 0 aliphatic carbocycles. The van der Waals surface area contributed by atoms with Crippen molar-refractivity contribution in [1.82, 2.24) is 19.6 Å². The van der Waals surface area contributed by atoms with E-state index in [0.29, 0.717) is 5.52 Å². The zero-order valence-corrected chi connectivity index (χ0v) is 18.0. The number of carbonyl (C=O) groups excluding carboxylic acids is 1. The highest BCUT2D eigenvalue weighted by atomic mass is 79.9. The molecule has 0 fully saturated rings. The second-order valence-electron chi connectivity index (χ2n) is 7.13. The van der Waals surface area contributed by atoms with E-state index in [1.165, 1.54) is 21.7 Å². The van der Waals surface area contributed by atoms with Gasteiger partial charge in [0.2, 0.25) is 5.28 Å². The van der Waals surface area contributed by atoms with E-state index in [4.69, 9.17) is 16.3 Å². The molecular weight excluding hydrogens is 453 g/mol. The molecule has 0 N–H and O–H groups in total. The van der Waals surface area contributed by atoms with E-state index in [9.17, 15) is 9.18 Å². The maximum Gasteiger partial charge on any atom is 0.416 e. The van der Waals surface area contributed by atoms with Gasteiger partial charge in [-0.05, 0) is 66.9 Å². The quantitative estimate of drug-likeness (QED) is 0.543. The Morgan fingerprint density at radius 1 is 1.43 bits per heavy atom. The highest BCUT2D eigenvalue weighted by Crippen LogP contribution is 2.31. The number of aryl methyl sites for hydroxylation is 1. The number of ether oxygens (including phenoxy) is 1. The van der Waals surface area contributed by atoms with Gasteiger partial charge < -0.3 is 4.74 Å². The summed E-state index contributed by atoms with van der Waals surface area (Å²) in [4.78, 5) is 22.2.